The molecule has 0 radical (unpaired) electrons. The Hall–Kier alpha value is -0.0900. The largest absolute Gasteiger partial charge is 0.313 e. The monoisotopic (exact) mass is 271 g/mol. The lowest BCUT2D eigenvalue weighted by atomic mass is 9.80. The van der Waals surface area contributed by atoms with Crippen molar-refractivity contribution in [2.24, 2.45) is 17.3 Å². The molecule has 3 aliphatic rings. The third-order valence-corrected chi connectivity index (χ3v) is 6.89. The molecule has 0 spiro atoms. The van der Waals surface area contributed by atoms with Crippen LogP contribution in [0, 0.1) is 17.3 Å². The van der Waals surface area contributed by atoms with Gasteiger partial charge in [-0.25, -0.2) is 8.42 Å². The summed E-state index contributed by atoms with van der Waals surface area (Å²) < 4.78 is 23.4. The Labute approximate surface area is 111 Å². The van der Waals surface area contributed by atoms with E-state index in [2.05, 4.69) is 5.32 Å². The molecular formula is C14H25NO2S. The number of nitrogens with one attached hydrogen (secondary N) is 1. The standard InChI is InChI=1S/C14H25NO2S/c1-2-18(16,17)6-5-14(10-15-13-3-4-13)8-11-7-12(11)9-14/h11-13,15H,2-10H2,1H3. The van der Waals surface area contributed by atoms with E-state index in [1.807, 2.05) is 0 Å². The molecule has 3 rings (SSSR count). The Bertz CT molecular complexity index is 404. The second kappa shape index (κ2) is 4.48. The zero-order valence-corrected chi connectivity index (χ0v) is 12.1. The molecule has 2 atom stereocenters. The van der Waals surface area contributed by atoms with Crippen LogP contribution < -0.4 is 5.32 Å². The number of rotatable bonds is 7. The molecule has 18 heavy (non-hydrogen) atoms. The average molecular weight is 271 g/mol. The van der Waals surface area contributed by atoms with Crippen LogP contribution in [0.4, 0.5) is 0 Å². The van der Waals surface area contributed by atoms with Crippen molar-refractivity contribution in [3.05, 3.63) is 0 Å². The molecule has 2 unspecified atom stereocenters. The molecule has 3 fully saturated rings. The summed E-state index contributed by atoms with van der Waals surface area (Å²) in [7, 11) is -2.80. The van der Waals surface area contributed by atoms with Crippen LogP contribution >= 0.6 is 0 Å². The van der Waals surface area contributed by atoms with Gasteiger partial charge in [0.15, 0.2) is 0 Å². The van der Waals surface area contributed by atoms with Crippen LogP contribution in [0.25, 0.3) is 0 Å². The van der Waals surface area contributed by atoms with Gasteiger partial charge >= 0.3 is 0 Å². The number of sulfone groups is 1. The van der Waals surface area contributed by atoms with Gasteiger partial charge in [0.05, 0.1) is 5.75 Å². The van der Waals surface area contributed by atoms with E-state index >= 15 is 0 Å². The minimum absolute atomic E-state index is 0.298. The van der Waals surface area contributed by atoms with Gasteiger partial charge in [0.2, 0.25) is 0 Å². The fourth-order valence-electron chi connectivity index (χ4n) is 3.61. The van der Waals surface area contributed by atoms with E-state index in [-0.39, 0.29) is 0 Å². The van der Waals surface area contributed by atoms with Gasteiger partial charge in [-0.15, -0.1) is 0 Å². The summed E-state index contributed by atoms with van der Waals surface area (Å²) in [5, 5.41) is 3.64. The number of hydrogen-bond donors (Lipinski definition) is 1. The molecule has 0 heterocycles. The van der Waals surface area contributed by atoms with Crippen LogP contribution in [-0.4, -0.2) is 32.5 Å². The van der Waals surface area contributed by atoms with Gasteiger partial charge < -0.3 is 5.32 Å². The summed E-state index contributed by atoms with van der Waals surface area (Å²) in [5.41, 5.74) is 0.304. The number of hydrogen-bond acceptors (Lipinski definition) is 3. The Balaban J connectivity index is 1.58. The second-order valence-electron chi connectivity index (χ2n) is 6.81. The maximum absolute atomic E-state index is 11.7. The molecule has 3 aliphatic carbocycles. The maximum Gasteiger partial charge on any atom is 0.150 e. The molecule has 3 nitrogen and oxygen atoms in total. The lowest BCUT2D eigenvalue weighted by Crippen LogP contribution is -2.36. The second-order valence-corrected chi connectivity index (χ2v) is 9.28. The van der Waals surface area contributed by atoms with Crippen LogP contribution in [0.2, 0.25) is 0 Å². The van der Waals surface area contributed by atoms with E-state index in [9.17, 15) is 8.42 Å². The van der Waals surface area contributed by atoms with Gasteiger partial charge in [0.1, 0.15) is 9.84 Å². The van der Waals surface area contributed by atoms with Gasteiger partial charge in [-0.1, -0.05) is 6.92 Å². The smallest absolute Gasteiger partial charge is 0.150 e. The minimum Gasteiger partial charge on any atom is -0.313 e. The predicted molar refractivity (Wildman–Crippen MR) is 73.2 cm³/mol. The molecule has 1 N–H and O–H groups in total. The molecule has 0 bridgehead atoms. The summed E-state index contributed by atoms with van der Waals surface area (Å²) in [6.07, 6.45) is 7.47. The molecule has 3 saturated carbocycles. The van der Waals surface area contributed by atoms with Crippen LogP contribution in [-0.2, 0) is 9.84 Å². The van der Waals surface area contributed by atoms with Crippen molar-refractivity contribution in [2.45, 2.75) is 51.5 Å². The van der Waals surface area contributed by atoms with Crippen molar-refractivity contribution in [3.8, 4) is 0 Å². The minimum atomic E-state index is -2.80. The van der Waals surface area contributed by atoms with E-state index in [1.54, 1.807) is 6.92 Å². The molecule has 0 saturated heterocycles. The highest BCUT2D eigenvalue weighted by Gasteiger charge is 2.53. The fourth-order valence-corrected chi connectivity index (χ4v) is 4.64. The first-order chi connectivity index (χ1) is 8.52. The third kappa shape index (κ3) is 2.90. The molecular weight excluding hydrogens is 246 g/mol. The zero-order chi connectivity index (χ0) is 12.8. The van der Waals surface area contributed by atoms with Crippen molar-refractivity contribution in [1.29, 1.82) is 0 Å². The zero-order valence-electron chi connectivity index (χ0n) is 11.3. The normalized spacial score (nSPS) is 38.7. The molecule has 0 aromatic heterocycles. The highest BCUT2D eigenvalue weighted by Crippen LogP contribution is 2.61. The molecule has 0 aromatic carbocycles. The lowest BCUT2D eigenvalue weighted by Gasteiger charge is -2.31. The van der Waals surface area contributed by atoms with Crippen molar-refractivity contribution >= 4 is 9.84 Å². The van der Waals surface area contributed by atoms with Crippen LogP contribution in [0.1, 0.15) is 45.4 Å². The van der Waals surface area contributed by atoms with Crippen LogP contribution in [0.3, 0.4) is 0 Å². The van der Waals surface area contributed by atoms with E-state index < -0.39 is 9.84 Å². The maximum atomic E-state index is 11.7. The topological polar surface area (TPSA) is 46.2 Å². The first-order valence-electron chi connectivity index (χ1n) is 7.46. The van der Waals surface area contributed by atoms with Crippen molar-refractivity contribution < 1.29 is 8.42 Å². The first-order valence-corrected chi connectivity index (χ1v) is 9.28. The molecule has 104 valence electrons. The molecule has 0 amide bonds. The summed E-state index contributed by atoms with van der Waals surface area (Å²) in [6, 6.07) is 0.738. The predicted octanol–water partition coefficient (Wildman–Crippen LogP) is 1.98. The van der Waals surface area contributed by atoms with Crippen LogP contribution in [0.5, 0.6) is 0 Å². The van der Waals surface area contributed by atoms with E-state index in [4.69, 9.17) is 0 Å². The van der Waals surface area contributed by atoms with Crippen molar-refractivity contribution in [3.63, 3.8) is 0 Å². The van der Waals surface area contributed by atoms with Gasteiger partial charge in [0.25, 0.3) is 0 Å². The lowest BCUT2D eigenvalue weighted by molar-refractivity contribution is 0.240. The SMILES string of the molecule is CCS(=O)(=O)CCC1(CNC2CC2)CC2CC2C1. The summed E-state index contributed by atoms with van der Waals surface area (Å²) in [6.45, 7) is 2.82. The van der Waals surface area contributed by atoms with E-state index in [0.717, 1.165) is 30.8 Å². The van der Waals surface area contributed by atoms with Crippen molar-refractivity contribution in [1.82, 2.24) is 5.32 Å². The molecule has 4 heteroatoms. The van der Waals surface area contributed by atoms with Crippen molar-refractivity contribution in [2.75, 3.05) is 18.1 Å². The van der Waals surface area contributed by atoms with Crippen LogP contribution in [0.15, 0.2) is 0 Å². The summed E-state index contributed by atoms with van der Waals surface area (Å²) in [4.78, 5) is 0. The average Bonchev–Trinajstić information content (AvgIpc) is 3.26. The number of fused-ring (bicyclic) bond motifs is 1. The molecule has 0 aliphatic heterocycles. The van der Waals surface area contributed by atoms with E-state index in [1.165, 1.54) is 32.1 Å². The Morgan fingerprint density at radius 3 is 2.44 bits per heavy atom. The molecule has 0 aromatic rings. The Kier molecular flexibility index (Phi) is 3.22. The van der Waals surface area contributed by atoms with Gasteiger partial charge in [-0.2, -0.15) is 0 Å². The quantitative estimate of drug-likeness (QED) is 0.770. The fraction of sp³-hybridized carbons (Fsp3) is 1.00. The van der Waals surface area contributed by atoms with Gasteiger partial charge in [0, 0.05) is 18.3 Å². The summed E-state index contributed by atoms with van der Waals surface area (Å²) >= 11 is 0. The third-order valence-electron chi connectivity index (χ3n) is 5.19. The van der Waals surface area contributed by atoms with E-state index in [0.29, 0.717) is 16.9 Å². The summed E-state index contributed by atoms with van der Waals surface area (Å²) in [5.74, 6) is 2.55. The first kappa shape index (κ1) is 12.9. The highest BCUT2D eigenvalue weighted by atomic mass is 32.2. The van der Waals surface area contributed by atoms with Gasteiger partial charge in [-0.05, 0) is 55.8 Å². The Morgan fingerprint density at radius 1 is 1.22 bits per heavy atom. The Morgan fingerprint density at radius 2 is 1.89 bits per heavy atom. The van der Waals surface area contributed by atoms with Gasteiger partial charge in [-0.3, -0.25) is 0 Å². The highest BCUT2D eigenvalue weighted by molar-refractivity contribution is 7.91.